The molecule has 3 rings (SSSR count). The number of hydrogen-bond acceptors (Lipinski definition) is 3. The Labute approximate surface area is 154 Å². The minimum Gasteiger partial charge on any atom is -0.491 e. The molecular weight excluding hydrogens is 331 g/mol. The Bertz CT molecular complexity index is 709. The Hall–Kier alpha value is -2.11. The van der Waals surface area contributed by atoms with E-state index in [1.54, 1.807) is 6.07 Å². The molecule has 1 aliphatic rings. The van der Waals surface area contributed by atoms with E-state index in [2.05, 4.69) is 11.0 Å². The SMILES string of the molecule is Cc1cc(C)cc(OC[C@@H](O)C[NH+]2CCN(c3ccccc3F)CC2)c1. The summed E-state index contributed by atoms with van der Waals surface area (Å²) < 4.78 is 19.6. The number of aryl methyl sites for hydroxylation is 2. The summed E-state index contributed by atoms with van der Waals surface area (Å²) in [6, 6.07) is 13.0. The first kappa shape index (κ1) is 18.7. The van der Waals surface area contributed by atoms with Gasteiger partial charge in [-0.15, -0.1) is 0 Å². The zero-order chi connectivity index (χ0) is 18.5. The highest BCUT2D eigenvalue weighted by Gasteiger charge is 2.24. The molecule has 2 aromatic rings. The fourth-order valence-corrected chi connectivity index (χ4v) is 3.58. The lowest BCUT2D eigenvalue weighted by molar-refractivity contribution is -0.903. The monoisotopic (exact) mass is 359 g/mol. The van der Waals surface area contributed by atoms with Crippen molar-refractivity contribution >= 4 is 5.69 Å². The van der Waals surface area contributed by atoms with Gasteiger partial charge in [-0.1, -0.05) is 18.2 Å². The van der Waals surface area contributed by atoms with Gasteiger partial charge in [-0.3, -0.25) is 0 Å². The third-order valence-electron chi connectivity index (χ3n) is 4.83. The van der Waals surface area contributed by atoms with Crippen LogP contribution < -0.4 is 14.5 Å². The Kier molecular flexibility index (Phi) is 6.12. The molecule has 0 aromatic heterocycles. The molecule has 4 nitrogen and oxygen atoms in total. The predicted molar refractivity (Wildman–Crippen MR) is 102 cm³/mol. The van der Waals surface area contributed by atoms with Crippen LogP contribution in [0.2, 0.25) is 0 Å². The number of ether oxygens (including phenoxy) is 1. The van der Waals surface area contributed by atoms with E-state index in [9.17, 15) is 9.50 Å². The number of hydrogen-bond donors (Lipinski definition) is 2. The predicted octanol–water partition coefficient (Wildman–Crippen LogP) is 1.59. The highest BCUT2D eigenvalue weighted by Crippen LogP contribution is 2.18. The van der Waals surface area contributed by atoms with Crippen LogP contribution in [0.5, 0.6) is 5.75 Å². The van der Waals surface area contributed by atoms with Gasteiger partial charge in [-0.05, 0) is 49.2 Å². The maximum Gasteiger partial charge on any atom is 0.146 e. The molecule has 2 N–H and O–H groups in total. The van der Waals surface area contributed by atoms with E-state index in [0.717, 1.165) is 43.1 Å². The average molecular weight is 359 g/mol. The summed E-state index contributed by atoms with van der Waals surface area (Å²) in [6.07, 6.45) is -0.508. The van der Waals surface area contributed by atoms with Crippen LogP contribution >= 0.6 is 0 Å². The maximum atomic E-state index is 13.9. The number of aliphatic hydroxyl groups excluding tert-OH is 1. The fourth-order valence-electron chi connectivity index (χ4n) is 3.58. The molecule has 1 saturated heterocycles. The first-order valence-corrected chi connectivity index (χ1v) is 9.23. The molecule has 0 spiro atoms. The lowest BCUT2D eigenvalue weighted by atomic mass is 10.1. The standard InChI is InChI=1S/C21H27FN2O2/c1-16-11-17(2)13-19(12-16)26-15-18(25)14-23-7-9-24(10-8-23)21-6-4-3-5-20(21)22/h3-6,11-13,18,25H,7-10,14-15H2,1-2H3/p+1/t18-/m0/s1. The van der Waals surface area contributed by atoms with Crippen LogP contribution in [0.4, 0.5) is 10.1 Å². The van der Waals surface area contributed by atoms with Crippen molar-refractivity contribution in [1.82, 2.24) is 0 Å². The van der Waals surface area contributed by atoms with Gasteiger partial charge in [0.15, 0.2) is 0 Å². The molecule has 0 saturated carbocycles. The number of anilines is 1. The third kappa shape index (κ3) is 4.96. The second-order valence-corrected chi connectivity index (χ2v) is 7.18. The number of aliphatic hydroxyl groups is 1. The van der Waals surface area contributed by atoms with Crippen LogP contribution in [0.1, 0.15) is 11.1 Å². The molecule has 140 valence electrons. The summed E-state index contributed by atoms with van der Waals surface area (Å²) in [7, 11) is 0. The van der Waals surface area contributed by atoms with E-state index < -0.39 is 6.10 Å². The van der Waals surface area contributed by atoms with Gasteiger partial charge in [0.1, 0.15) is 30.8 Å². The Morgan fingerprint density at radius 3 is 2.42 bits per heavy atom. The molecule has 0 aliphatic carbocycles. The lowest BCUT2D eigenvalue weighted by Gasteiger charge is -2.34. The fraction of sp³-hybridized carbons (Fsp3) is 0.429. The molecule has 5 heteroatoms. The quantitative estimate of drug-likeness (QED) is 0.823. The van der Waals surface area contributed by atoms with E-state index in [1.807, 2.05) is 38.1 Å². The van der Waals surface area contributed by atoms with Gasteiger partial charge in [0.2, 0.25) is 0 Å². The van der Waals surface area contributed by atoms with Gasteiger partial charge < -0.3 is 19.6 Å². The van der Waals surface area contributed by atoms with Crippen molar-refractivity contribution in [1.29, 1.82) is 0 Å². The van der Waals surface area contributed by atoms with Crippen LogP contribution in [0.3, 0.4) is 0 Å². The number of piperazine rings is 1. The van der Waals surface area contributed by atoms with Crippen molar-refractivity contribution < 1.29 is 19.1 Å². The molecule has 1 heterocycles. The summed E-state index contributed by atoms with van der Waals surface area (Å²) in [5.74, 6) is 0.638. The summed E-state index contributed by atoms with van der Waals surface area (Å²) in [4.78, 5) is 3.41. The molecule has 26 heavy (non-hydrogen) atoms. The van der Waals surface area contributed by atoms with E-state index in [-0.39, 0.29) is 5.82 Å². The maximum absolute atomic E-state index is 13.9. The minimum absolute atomic E-state index is 0.169. The largest absolute Gasteiger partial charge is 0.491 e. The highest BCUT2D eigenvalue weighted by atomic mass is 19.1. The zero-order valence-corrected chi connectivity index (χ0v) is 15.5. The molecule has 0 radical (unpaired) electrons. The van der Waals surface area contributed by atoms with Gasteiger partial charge in [-0.2, -0.15) is 0 Å². The van der Waals surface area contributed by atoms with Crippen LogP contribution in [0.25, 0.3) is 0 Å². The van der Waals surface area contributed by atoms with Gasteiger partial charge in [0.25, 0.3) is 0 Å². The van der Waals surface area contributed by atoms with Crippen molar-refractivity contribution in [3.8, 4) is 5.75 Å². The normalized spacial score (nSPS) is 16.5. The molecule has 1 fully saturated rings. The van der Waals surface area contributed by atoms with Crippen molar-refractivity contribution in [3.05, 3.63) is 59.4 Å². The number of para-hydroxylation sites is 1. The summed E-state index contributed by atoms with van der Waals surface area (Å²) >= 11 is 0. The van der Waals surface area contributed by atoms with Crippen molar-refractivity contribution in [2.24, 2.45) is 0 Å². The number of nitrogens with one attached hydrogen (secondary N) is 1. The van der Waals surface area contributed by atoms with Crippen LogP contribution in [0, 0.1) is 19.7 Å². The van der Waals surface area contributed by atoms with Gasteiger partial charge in [0.05, 0.1) is 31.9 Å². The number of quaternary nitrogens is 1. The Morgan fingerprint density at radius 2 is 1.77 bits per heavy atom. The van der Waals surface area contributed by atoms with Gasteiger partial charge >= 0.3 is 0 Å². The average Bonchev–Trinajstić information content (AvgIpc) is 2.60. The Balaban J connectivity index is 1.44. The number of halogens is 1. The van der Waals surface area contributed by atoms with Crippen LogP contribution in [-0.2, 0) is 0 Å². The molecule has 1 atom stereocenters. The smallest absolute Gasteiger partial charge is 0.146 e. The van der Waals surface area contributed by atoms with Gasteiger partial charge in [-0.25, -0.2) is 4.39 Å². The molecule has 0 unspecified atom stereocenters. The van der Waals surface area contributed by atoms with Crippen LogP contribution in [0.15, 0.2) is 42.5 Å². The minimum atomic E-state index is -0.508. The molecule has 0 bridgehead atoms. The van der Waals surface area contributed by atoms with E-state index in [1.165, 1.54) is 11.0 Å². The molecular formula is C21H28FN2O2+. The van der Waals surface area contributed by atoms with Crippen molar-refractivity contribution in [2.75, 3.05) is 44.2 Å². The van der Waals surface area contributed by atoms with E-state index >= 15 is 0 Å². The summed E-state index contributed by atoms with van der Waals surface area (Å²) in [6.45, 7) is 8.37. The lowest BCUT2D eigenvalue weighted by Crippen LogP contribution is -3.16. The van der Waals surface area contributed by atoms with E-state index in [0.29, 0.717) is 18.8 Å². The number of benzene rings is 2. The molecule has 2 aromatic carbocycles. The first-order valence-electron chi connectivity index (χ1n) is 9.23. The second kappa shape index (κ2) is 8.52. The van der Waals surface area contributed by atoms with Gasteiger partial charge in [0, 0.05) is 0 Å². The summed E-state index contributed by atoms with van der Waals surface area (Å²) in [5.41, 5.74) is 2.99. The first-order chi connectivity index (χ1) is 12.5. The Morgan fingerprint density at radius 1 is 1.12 bits per heavy atom. The number of nitrogens with zero attached hydrogens (tertiary/aromatic N) is 1. The summed E-state index contributed by atoms with van der Waals surface area (Å²) in [5, 5.41) is 10.3. The molecule has 1 aliphatic heterocycles. The highest BCUT2D eigenvalue weighted by molar-refractivity contribution is 5.47. The second-order valence-electron chi connectivity index (χ2n) is 7.18. The molecule has 0 amide bonds. The van der Waals surface area contributed by atoms with E-state index in [4.69, 9.17) is 4.74 Å². The topological polar surface area (TPSA) is 37.1 Å². The van der Waals surface area contributed by atoms with Crippen molar-refractivity contribution in [2.45, 2.75) is 20.0 Å². The zero-order valence-electron chi connectivity index (χ0n) is 15.5. The van der Waals surface area contributed by atoms with Crippen LogP contribution in [-0.4, -0.2) is 50.5 Å². The van der Waals surface area contributed by atoms with Crippen molar-refractivity contribution in [3.63, 3.8) is 0 Å². The third-order valence-corrected chi connectivity index (χ3v) is 4.83. The number of rotatable bonds is 6.